The summed E-state index contributed by atoms with van der Waals surface area (Å²) in [6.45, 7) is 3.10. The Morgan fingerprint density at radius 3 is 2.57 bits per heavy atom. The molecule has 0 amide bonds. The van der Waals surface area contributed by atoms with Gasteiger partial charge < -0.3 is 10.3 Å². The first kappa shape index (κ1) is 18.7. The number of nitrogens with one attached hydrogen (secondary N) is 3. The van der Waals surface area contributed by atoms with Crippen LogP contribution in [0.3, 0.4) is 0 Å². The molecule has 4 rings (SSSR count). The highest BCUT2D eigenvalue weighted by Gasteiger charge is 2.30. The van der Waals surface area contributed by atoms with E-state index < -0.39 is 0 Å². The van der Waals surface area contributed by atoms with Crippen LogP contribution in [0, 0.1) is 11.4 Å². The third-order valence-corrected chi connectivity index (χ3v) is 6.05. The average Bonchev–Trinajstić information content (AvgIpc) is 3.24. The van der Waals surface area contributed by atoms with Gasteiger partial charge in [-0.15, -0.1) is 0 Å². The predicted octanol–water partition coefficient (Wildman–Crippen LogP) is 4.94. The Balaban J connectivity index is 1.35. The van der Waals surface area contributed by atoms with Crippen LogP contribution < -0.4 is 5.32 Å². The van der Waals surface area contributed by atoms with Crippen LogP contribution in [0.5, 0.6) is 0 Å². The molecule has 1 unspecified atom stereocenters. The molecule has 146 valence electrons. The van der Waals surface area contributed by atoms with Gasteiger partial charge in [-0.3, -0.25) is 0 Å². The quantitative estimate of drug-likeness (QED) is 0.510. The van der Waals surface area contributed by atoms with Crippen molar-refractivity contribution in [2.45, 2.75) is 57.7 Å². The number of rotatable bonds is 7. The fourth-order valence-electron chi connectivity index (χ4n) is 4.31. The summed E-state index contributed by atoms with van der Waals surface area (Å²) in [5.74, 6) is 0.368. The standard InChI is InChI=1S/C22H28N6/c1-2-15-3-5-16(6-4-15)13-25-18-9-7-17(8-10-18)20(28-23)21-19-11-12-24-22(19)27-14-26-21/h3-6,11-12,14,17-18,20,23,25H,2,7-10,13H2,1H3,(H,24,26,27). The van der Waals surface area contributed by atoms with Crippen molar-refractivity contribution in [1.29, 1.82) is 5.53 Å². The van der Waals surface area contributed by atoms with Crippen molar-refractivity contribution in [3.63, 3.8) is 0 Å². The second-order valence-electron chi connectivity index (χ2n) is 7.74. The van der Waals surface area contributed by atoms with E-state index in [0.29, 0.717) is 12.0 Å². The molecule has 1 atom stereocenters. The molecule has 0 spiro atoms. The first-order valence-corrected chi connectivity index (χ1v) is 10.2. The van der Waals surface area contributed by atoms with Crippen molar-refractivity contribution in [3.8, 4) is 0 Å². The number of benzene rings is 1. The molecule has 0 bridgehead atoms. The van der Waals surface area contributed by atoms with E-state index in [1.165, 1.54) is 11.1 Å². The fourth-order valence-corrected chi connectivity index (χ4v) is 4.31. The molecule has 3 N–H and O–H groups in total. The molecule has 1 aliphatic rings. The Kier molecular flexibility index (Phi) is 5.76. The Bertz CT molecular complexity index is 908. The number of aromatic amines is 1. The summed E-state index contributed by atoms with van der Waals surface area (Å²) in [6, 6.07) is 11.2. The van der Waals surface area contributed by atoms with Crippen molar-refractivity contribution < 1.29 is 0 Å². The summed E-state index contributed by atoms with van der Waals surface area (Å²) in [7, 11) is 0. The number of nitrogens with zero attached hydrogens (tertiary/aromatic N) is 3. The number of hydrogen-bond donors (Lipinski definition) is 3. The van der Waals surface area contributed by atoms with Crippen LogP contribution in [0.2, 0.25) is 0 Å². The maximum atomic E-state index is 7.78. The van der Waals surface area contributed by atoms with Crippen LogP contribution in [0.4, 0.5) is 0 Å². The maximum Gasteiger partial charge on any atom is 0.141 e. The number of aryl methyl sites for hydroxylation is 1. The monoisotopic (exact) mass is 376 g/mol. The summed E-state index contributed by atoms with van der Waals surface area (Å²) in [6.07, 6.45) is 8.89. The highest BCUT2D eigenvalue weighted by atomic mass is 15.0. The van der Waals surface area contributed by atoms with Gasteiger partial charge >= 0.3 is 0 Å². The van der Waals surface area contributed by atoms with Gasteiger partial charge in [0.15, 0.2) is 0 Å². The van der Waals surface area contributed by atoms with Gasteiger partial charge in [0.1, 0.15) is 18.0 Å². The minimum Gasteiger partial charge on any atom is -0.346 e. The van der Waals surface area contributed by atoms with Gasteiger partial charge in [-0.1, -0.05) is 31.2 Å². The van der Waals surface area contributed by atoms with E-state index in [1.807, 2.05) is 12.3 Å². The molecule has 2 heterocycles. The van der Waals surface area contributed by atoms with Gasteiger partial charge in [-0.05, 0) is 55.2 Å². The lowest BCUT2D eigenvalue weighted by Crippen LogP contribution is -2.34. The Hall–Kier alpha value is -2.60. The van der Waals surface area contributed by atoms with Gasteiger partial charge in [0.2, 0.25) is 0 Å². The van der Waals surface area contributed by atoms with Crippen molar-refractivity contribution >= 4 is 11.0 Å². The molecule has 0 saturated heterocycles. The van der Waals surface area contributed by atoms with Crippen molar-refractivity contribution in [3.05, 3.63) is 59.7 Å². The summed E-state index contributed by atoms with van der Waals surface area (Å²) in [5, 5.41) is 8.67. The Morgan fingerprint density at radius 1 is 1.11 bits per heavy atom. The zero-order chi connectivity index (χ0) is 19.3. The Labute approximate surface area is 165 Å². The molecule has 6 heteroatoms. The van der Waals surface area contributed by atoms with Crippen molar-refractivity contribution in [2.75, 3.05) is 0 Å². The highest BCUT2D eigenvalue weighted by Crippen LogP contribution is 2.38. The molecule has 6 nitrogen and oxygen atoms in total. The smallest absolute Gasteiger partial charge is 0.141 e. The molecule has 1 saturated carbocycles. The highest BCUT2D eigenvalue weighted by molar-refractivity contribution is 5.78. The normalized spacial score (nSPS) is 20.9. The van der Waals surface area contributed by atoms with Gasteiger partial charge in [0.05, 0.1) is 5.69 Å². The van der Waals surface area contributed by atoms with Gasteiger partial charge in [0.25, 0.3) is 0 Å². The number of hydrogen-bond acceptors (Lipinski definition) is 5. The van der Waals surface area contributed by atoms with Gasteiger partial charge in [-0.25, -0.2) is 15.5 Å². The number of fused-ring (bicyclic) bond motifs is 1. The summed E-state index contributed by atoms with van der Waals surface area (Å²) < 4.78 is 0. The van der Waals surface area contributed by atoms with Crippen LogP contribution in [0.25, 0.3) is 11.0 Å². The minimum atomic E-state index is -0.177. The van der Waals surface area contributed by atoms with E-state index in [2.05, 4.69) is 56.6 Å². The molecule has 1 fully saturated rings. The van der Waals surface area contributed by atoms with Crippen molar-refractivity contribution in [1.82, 2.24) is 20.3 Å². The molecular weight excluding hydrogens is 348 g/mol. The third kappa shape index (κ3) is 3.97. The summed E-state index contributed by atoms with van der Waals surface area (Å²) >= 11 is 0. The first-order valence-electron chi connectivity index (χ1n) is 10.2. The zero-order valence-corrected chi connectivity index (χ0v) is 16.4. The SMILES string of the molecule is CCc1ccc(CNC2CCC(C(N=N)c3ncnc4[nH]ccc34)CC2)cc1. The average molecular weight is 377 g/mol. The van der Waals surface area contributed by atoms with Crippen LogP contribution in [0.1, 0.15) is 55.5 Å². The molecule has 2 aromatic heterocycles. The fraction of sp³-hybridized carbons (Fsp3) is 0.455. The van der Waals surface area contributed by atoms with Crippen molar-refractivity contribution in [2.24, 2.45) is 11.0 Å². The number of aromatic nitrogens is 3. The van der Waals surface area contributed by atoms with Gasteiger partial charge in [0, 0.05) is 24.2 Å². The lowest BCUT2D eigenvalue weighted by atomic mass is 9.80. The van der Waals surface area contributed by atoms with E-state index in [4.69, 9.17) is 5.53 Å². The molecule has 0 aliphatic heterocycles. The second kappa shape index (κ2) is 8.61. The summed E-state index contributed by atoms with van der Waals surface area (Å²) in [5.41, 5.74) is 12.2. The van der Waals surface area contributed by atoms with Crippen LogP contribution >= 0.6 is 0 Å². The van der Waals surface area contributed by atoms with Crippen LogP contribution in [0.15, 0.2) is 48.0 Å². The minimum absolute atomic E-state index is 0.177. The number of H-pyrrole nitrogens is 1. The maximum absolute atomic E-state index is 7.78. The van der Waals surface area contributed by atoms with E-state index in [-0.39, 0.29) is 6.04 Å². The van der Waals surface area contributed by atoms with E-state index in [1.54, 1.807) is 6.33 Å². The molecule has 3 aromatic rings. The lowest BCUT2D eigenvalue weighted by Gasteiger charge is -2.32. The third-order valence-electron chi connectivity index (χ3n) is 6.05. The summed E-state index contributed by atoms with van der Waals surface area (Å²) in [4.78, 5) is 11.9. The lowest BCUT2D eigenvalue weighted by molar-refractivity contribution is 0.252. The van der Waals surface area contributed by atoms with E-state index in [9.17, 15) is 0 Å². The van der Waals surface area contributed by atoms with E-state index in [0.717, 1.165) is 55.4 Å². The predicted molar refractivity (Wildman–Crippen MR) is 110 cm³/mol. The largest absolute Gasteiger partial charge is 0.346 e. The van der Waals surface area contributed by atoms with Gasteiger partial charge in [-0.2, -0.15) is 5.11 Å². The first-order chi connectivity index (χ1) is 13.8. The second-order valence-corrected chi connectivity index (χ2v) is 7.74. The van der Waals surface area contributed by atoms with Crippen LogP contribution in [-0.2, 0) is 13.0 Å². The topological polar surface area (TPSA) is 89.8 Å². The molecule has 28 heavy (non-hydrogen) atoms. The van der Waals surface area contributed by atoms with E-state index >= 15 is 0 Å². The zero-order valence-electron chi connectivity index (χ0n) is 16.4. The molecule has 0 radical (unpaired) electrons. The Morgan fingerprint density at radius 2 is 1.86 bits per heavy atom. The molecule has 1 aliphatic carbocycles. The molecular formula is C22H28N6. The van der Waals surface area contributed by atoms with Crippen LogP contribution in [-0.4, -0.2) is 21.0 Å². The molecule has 1 aromatic carbocycles.